The minimum atomic E-state index is -0.411. The van der Waals surface area contributed by atoms with Crippen molar-refractivity contribution in [1.29, 1.82) is 0 Å². The zero-order valence-corrected chi connectivity index (χ0v) is 21.2. The Labute approximate surface area is 220 Å². The normalized spacial score (nSPS) is 14.1. The fourth-order valence-electron chi connectivity index (χ4n) is 4.83. The van der Waals surface area contributed by atoms with Crippen LogP contribution in [-0.4, -0.2) is 46.0 Å². The van der Waals surface area contributed by atoms with Gasteiger partial charge in [0.2, 0.25) is 11.6 Å². The van der Waals surface area contributed by atoms with Crippen molar-refractivity contribution in [2.45, 2.75) is 13.0 Å². The molecule has 1 fully saturated rings. The first kappa shape index (κ1) is 24.7. The first-order valence-electron chi connectivity index (χ1n) is 12.1. The largest absolute Gasteiger partial charge is 0.353 e. The van der Waals surface area contributed by atoms with Gasteiger partial charge in [-0.15, -0.1) is 0 Å². The number of aryl methyl sites for hydroxylation is 1. The van der Waals surface area contributed by atoms with Gasteiger partial charge in [0.05, 0.1) is 11.0 Å². The molecule has 3 aromatic carbocycles. The Kier molecular flexibility index (Phi) is 7.30. The van der Waals surface area contributed by atoms with Crippen molar-refractivity contribution in [1.82, 2.24) is 14.9 Å². The maximum Gasteiger partial charge on any atom is 0.353 e. The van der Waals surface area contributed by atoms with E-state index in [1.165, 1.54) is 17.5 Å². The molecule has 4 aromatic rings. The third-order valence-corrected chi connectivity index (χ3v) is 6.87. The number of anilines is 3. The molecule has 0 radical (unpaired) electrons. The Balaban J connectivity index is 1.40. The molecule has 0 atom stereocenters. The Morgan fingerprint density at radius 1 is 0.919 bits per heavy atom. The summed E-state index contributed by atoms with van der Waals surface area (Å²) >= 11 is 6.07. The van der Waals surface area contributed by atoms with Crippen LogP contribution in [0, 0.1) is 17.0 Å². The standard InChI is InChI=1S/C28H27ClN6O2/c1-20-18-23(29)12-13-24(20)32-27-26(35(36)37)28(31-19-30-27)34-16-14-33(15-17-34)25(21-8-4-2-5-9-21)22-10-6-3-7-11-22/h2-13,18-19,25H,14-17H2,1H3,(H,30,31,32). The summed E-state index contributed by atoms with van der Waals surface area (Å²) in [5.74, 6) is 0.485. The lowest BCUT2D eigenvalue weighted by atomic mass is 9.96. The molecule has 1 aliphatic rings. The topological polar surface area (TPSA) is 87.4 Å². The zero-order chi connectivity index (χ0) is 25.8. The van der Waals surface area contributed by atoms with E-state index in [9.17, 15) is 10.1 Å². The highest BCUT2D eigenvalue weighted by molar-refractivity contribution is 6.30. The minimum Gasteiger partial charge on any atom is -0.348 e. The molecule has 1 aromatic heterocycles. The smallest absolute Gasteiger partial charge is 0.348 e. The fraction of sp³-hybridized carbons (Fsp3) is 0.214. The van der Waals surface area contributed by atoms with Gasteiger partial charge in [-0.05, 0) is 41.8 Å². The van der Waals surface area contributed by atoms with Gasteiger partial charge in [-0.3, -0.25) is 15.0 Å². The maximum atomic E-state index is 12.2. The first-order valence-corrected chi connectivity index (χ1v) is 12.5. The quantitative estimate of drug-likeness (QED) is 0.239. The van der Waals surface area contributed by atoms with E-state index in [4.69, 9.17) is 11.6 Å². The molecule has 1 saturated heterocycles. The molecule has 0 aliphatic carbocycles. The maximum absolute atomic E-state index is 12.2. The van der Waals surface area contributed by atoms with Crippen molar-refractivity contribution in [2.24, 2.45) is 0 Å². The van der Waals surface area contributed by atoms with Crippen molar-refractivity contribution in [2.75, 3.05) is 36.4 Å². The van der Waals surface area contributed by atoms with Crippen LogP contribution in [0.4, 0.5) is 23.0 Å². The summed E-state index contributed by atoms with van der Waals surface area (Å²) in [6, 6.07) is 26.3. The average molecular weight is 515 g/mol. The third-order valence-electron chi connectivity index (χ3n) is 6.64. The van der Waals surface area contributed by atoms with Crippen LogP contribution in [0.15, 0.2) is 85.2 Å². The van der Waals surface area contributed by atoms with Crippen LogP contribution in [0.1, 0.15) is 22.7 Å². The molecule has 8 nitrogen and oxygen atoms in total. The number of aromatic nitrogens is 2. The molecule has 0 spiro atoms. The molecule has 0 bridgehead atoms. The molecule has 2 heterocycles. The van der Waals surface area contributed by atoms with Crippen molar-refractivity contribution < 1.29 is 4.92 Å². The summed E-state index contributed by atoms with van der Waals surface area (Å²) in [6.45, 7) is 4.56. The van der Waals surface area contributed by atoms with Crippen LogP contribution >= 0.6 is 11.6 Å². The van der Waals surface area contributed by atoms with Crippen molar-refractivity contribution in [3.05, 3.63) is 117 Å². The Morgan fingerprint density at radius 2 is 1.54 bits per heavy atom. The van der Waals surface area contributed by atoms with Gasteiger partial charge in [0.25, 0.3) is 0 Å². The van der Waals surface area contributed by atoms with Crippen LogP contribution in [0.25, 0.3) is 0 Å². The number of hydrogen-bond acceptors (Lipinski definition) is 7. The number of halogens is 1. The second kappa shape index (κ2) is 10.9. The molecule has 1 N–H and O–H groups in total. The Morgan fingerprint density at radius 3 is 2.11 bits per heavy atom. The van der Waals surface area contributed by atoms with Crippen LogP contribution in [0.5, 0.6) is 0 Å². The van der Waals surface area contributed by atoms with Crippen molar-refractivity contribution >= 4 is 34.6 Å². The number of nitrogens with zero attached hydrogens (tertiary/aromatic N) is 5. The SMILES string of the molecule is Cc1cc(Cl)ccc1Nc1ncnc(N2CCN(C(c3ccccc3)c3ccccc3)CC2)c1[N+](=O)[O-]. The van der Waals surface area contributed by atoms with Gasteiger partial charge < -0.3 is 10.2 Å². The molecular formula is C28H27ClN6O2. The van der Waals surface area contributed by atoms with Crippen LogP contribution < -0.4 is 10.2 Å². The van der Waals surface area contributed by atoms with Crippen molar-refractivity contribution in [3.63, 3.8) is 0 Å². The van der Waals surface area contributed by atoms with E-state index in [-0.39, 0.29) is 17.5 Å². The van der Waals surface area contributed by atoms with Gasteiger partial charge in [0.15, 0.2) is 0 Å². The fourth-order valence-corrected chi connectivity index (χ4v) is 5.06. The third kappa shape index (κ3) is 5.40. The number of piperazine rings is 1. The molecule has 1 aliphatic heterocycles. The predicted molar refractivity (Wildman–Crippen MR) is 147 cm³/mol. The number of benzene rings is 3. The molecular weight excluding hydrogens is 488 g/mol. The summed E-state index contributed by atoms with van der Waals surface area (Å²) in [7, 11) is 0. The first-order chi connectivity index (χ1) is 18.0. The number of nitrogens with one attached hydrogen (secondary N) is 1. The lowest BCUT2D eigenvalue weighted by Crippen LogP contribution is -2.48. The highest BCUT2D eigenvalue weighted by Gasteiger charge is 2.32. The highest BCUT2D eigenvalue weighted by Crippen LogP contribution is 2.36. The van der Waals surface area contributed by atoms with E-state index >= 15 is 0 Å². The number of nitro groups is 1. The molecule has 188 valence electrons. The zero-order valence-electron chi connectivity index (χ0n) is 20.4. The molecule has 0 saturated carbocycles. The van der Waals surface area contributed by atoms with Gasteiger partial charge in [-0.2, -0.15) is 0 Å². The Bertz CT molecular complexity index is 1340. The molecule has 0 amide bonds. The molecule has 0 unspecified atom stereocenters. The molecule has 37 heavy (non-hydrogen) atoms. The molecule has 5 rings (SSSR count). The van der Waals surface area contributed by atoms with Gasteiger partial charge in [0.1, 0.15) is 6.33 Å². The monoisotopic (exact) mass is 514 g/mol. The van der Waals surface area contributed by atoms with E-state index in [1.807, 2.05) is 24.0 Å². The van der Waals surface area contributed by atoms with E-state index < -0.39 is 4.92 Å². The van der Waals surface area contributed by atoms with E-state index in [0.717, 1.165) is 18.7 Å². The highest BCUT2D eigenvalue weighted by atomic mass is 35.5. The number of rotatable bonds is 7. The average Bonchev–Trinajstić information content (AvgIpc) is 2.92. The molecule has 9 heteroatoms. The van der Waals surface area contributed by atoms with E-state index in [0.29, 0.717) is 29.6 Å². The van der Waals surface area contributed by atoms with Crippen LogP contribution in [0.2, 0.25) is 5.02 Å². The number of hydrogen-bond donors (Lipinski definition) is 1. The summed E-state index contributed by atoms with van der Waals surface area (Å²) < 4.78 is 0. The van der Waals surface area contributed by atoms with E-state index in [2.05, 4.69) is 68.7 Å². The summed E-state index contributed by atoms with van der Waals surface area (Å²) in [5, 5.41) is 15.9. The van der Waals surface area contributed by atoms with Crippen molar-refractivity contribution in [3.8, 4) is 0 Å². The lowest BCUT2D eigenvalue weighted by molar-refractivity contribution is -0.383. The van der Waals surface area contributed by atoms with Gasteiger partial charge >= 0.3 is 5.69 Å². The van der Waals surface area contributed by atoms with Gasteiger partial charge in [-0.25, -0.2) is 9.97 Å². The summed E-state index contributed by atoms with van der Waals surface area (Å²) in [6.07, 6.45) is 1.37. The summed E-state index contributed by atoms with van der Waals surface area (Å²) in [4.78, 5) is 24.7. The van der Waals surface area contributed by atoms with Gasteiger partial charge in [0, 0.05) is 36.9 Å². The summed E-state index contributed by atoms with van der Waals surface area (Å²) in [5.41, 5.74) is 3.88. The van der Waals surface area contributed by atoms with Gasteiger partial charge in [-0.1, -0.05) is 72.3 Å². The second-order valence-corrected chi connectivity index (χ2v) is 9.42. The van der Waals surface area contributed by atoms with Crippen LogP contribution in [0.3, 0.4) is 0 Å². The predicted octanol–water partition coefficient (Wildman–Crippen LogP) is 6.00. The van der Waals surface area contributed by atoms with Crippen LogP contribution in [-0.2, 0) is 0 Å². The minimum absolute atomic E-state index is 0.107. The lowest BCUT2D eigenvalue weighted by Gasteiger charge is -2.40. The second-order valence-electron chi connectivity index (χ2n) is 8.98. The van der Waals surface area contributed by atoms with E-state index in [1.54, 1.807) is 18.2 Å². The Hall–Kier alpha value is -4.01.